The lowest BCUT2D eigenvalue weighted by molar-refractivity contribution is 0.252. The van der Waals surface area contributed by atoms with Crippen molar-refractivity contribution in [3.63, 3.8) is 0 Å². The van der Waals surface area contributed by atoms with Crippen molar-refractivity contribution in [2.24, 2.45) is 5.73 Å². The van der Waals surface area contributed by atoms with Crippen molar-refractivity contribution in [2.75, 3.05) is 11.9 Å². The zero-order valence-electron chi connectivity index (χ0n) is 16.3. The van der Waals surface area contributed by atoms with Crippen molar-refractivity contribution >= 4 is 39.7 Å². The van der Waals surface area contributed by atoms with Crippen molar-refractivity contribution in [1.82, 2.24) is 19.9 Å². The Balaban J connectivity index is 1.96. The maximum atomic E-state index is 12.2. The number of halogens is 1. The molecule has 0 aliphatic heterocycles. The van der Waals surface area contributed by atoms with Crippen LogP contribution in [0.15, 0.2) is 31.0 Å². The molecule has 2 heterocycles. The minimum atomic E-state index is -0.327. The Labute approximate surface area is 174 Å². The predicted molar refractivity (Wildman–Crippen MR) is 117 cm³/mol. The lowest BCUT2D eigenvalue weighted by Crippen LogP contribution is -2.30. The summed E-state index contributed by atoms with van der Waals surface area (Å²) in [6, 6.07) is -0.327. The van der Waals surface area contributed by atoms with Crippen molar-refractivity contribution in [3.8, 4) is 0 Å². The van der Waals surface area contributed by atoms with Gasteiger partial charge in [0.15, 0.2) is 5.13 Å². The second kappa shape index (κ2) is 10.1. The molecule has 28 heavy (non-hydrogen) atoms. The van der Waals surface area contributed by atoms with E-state index in [0.29, 0.717) is 23.3 Å². The molecule has 2 aromatic heterocycles. The summed E-state index contributed by atoms with van der Waals surface area (Å²) in [4.78, 5) is 22.0. The Kier molecular flexibility index (Phi) is 7.83. The van der Waals surface area contributed by atoms with Crippen LogP contribution in [-0.4, -0.2) is 27.1 Å². The summed E-state index contributed by atoms with van der Waals surface area (Å²) in [6.07, 6.45) is 7.31. The van der Waals surface area contributed by atoms with Crippen LogP contribution in [0.1, 0.15) is 29.0 Å². The summed E-state index contributed by atoms with van der Waals surface area (Å²) in [5, 5.41) is 6.70. The highest BCUT2D eigenvalue weighted by atomic mass is 35.5. The van der Waals surface area contributed by atoms with Crippen molar-refractivity contribution in [2.45, 2.75) is 33.7 Å². The summed E-state index contributed by atoms with van der Waals surface area (Å²) in [7, 11) is 0. The number of aromatic nitrogens is 3. The molecule has 0 saturated heterocycles. The second-order valence-corrected chi connectivity index (χ2v) is 7.28. The number of rotatable bonds is 8. The van der Waals surface area contributed by atoms with Gasteiger partial charge < -0.3 is 15.6 Å². The third kappa shape index (κ3) is 5.24. The number of hydrogen-bond donors (Lipinski definition) is 3. The standard InChI is InChI=1S/C19H25ClN6OS/c1-5-7-14(8-10-21)16-12(3)23-19(28-16)25-18(27)22-11-9-15-17(20)26(6-2)13(4)24-15/h5,7-8,10H,1,6,9,11,21H2,2-4H3,(H2,22,23,25,27)/b10-8-,14-7+. The first-order valence-electron chi connectivity index (χ1n) is 8.86. The number of carbonyl (C=O) groups excluding carboxylic acids is 1. The van der Waals surface area contributed by atoms with E-state index in [4.69, 9.17) is 17.3 Å². The summed E-state index contributed by atoms with van der Waals surface area (Å²) in [6.45, 7) is 10.7. The molecule has 2 amide bonds. The Morgan fingerprint density at radius 1 is 1.39 bits per heavy atom. The molecule has 2 aromatic rings. The Morgan fingerprint density at radius 3 is 2.75 bits per heavy atom. The fourth-order valence-corrected chi connectivity index (χ4v) is 4.06. The van der Waals surface area contributed by atoms with E-state index in [2.05, 4.69) is 27.2 Å². The molecular formula is C19H25ClN6OS. The van der Waals surface area contributed by atoms with Crippen LogP contribution in [0.5, 0.6) is 0 Å². The highest BCUT2D eigenvalue weighted by molar-refractivity contribution is 7.17. The van der Waals surface area contributed by atoms with Gasteiger partial charge in [-0.3, -0.25) is 5.32 Å². The maximum Gasteiger partial charge on any atom is 0.321 e. The Bertz CT molecular complexity index is 912. The lowest BCUT2D eigenvalue weighted by Gasteiger charge is -2.05. The molecule has 4 N–H and O–H groups in total. The molecule has 0 unspecified atom stereocenters. The average molecular weight is 421 g/mol. The van der Waals surface area contributed by atoms with E-state index in [1.807, 2.05) is 31.4 Å². The van der Waals surface area contributed by atoms with Crippen molar-refractivity contribution < 1.29 is 4.79 Å². The number of nitrogens with one attached hydrogen (secondary N) is 2. The third-order valence-electron chi connectivity index (χ3n) is 3.98. The number of nitrogens with two attached hydrogens (primary N) is 1. The molecular weight excluding hydrogens is 396 g/mol. The van der Waals surface area contributed by atoms with Gasteiger partial charge in [0.05, 0.1) is 16.3 Å². The minimum absolute atomic E-state index is 0.327. The molecule has 0 aromatic carbocycles. The molecule has 0 fully saturated rings. The van der Waals surface area contributed by atoms with Crippen LogP contribution in [0.4, 0.5) is 9.93 Å². The van der Waals surface area contributed by atoms with Gasteiger partial charge in [-0.25, -0.2) is 14.8 Å². The van der Waals surface area contributed by atoms with E-state index >= 15 is 0 Å². The smallest absolute Gasteiger partial charge is 0.321 e. The summed E-state index contributed by atoms with van der Waals surface area (Å²) >= 11 is 7.69. The number of thiazole rings is 1. The average Bonchev–Trinajstić information content (AvgIpc) is 3.13. The van der Waals surface area contributed by atoms with Crippen LogP contribution in [0, 0.1) is 13.8 Å². The van der Waals surface area contributed by atoms with Gasteiger partial charge in [-0.05, 0) is 38.6 Å². The number of amides is 2. The molecule has 0 aliphatic carbocycles. The SMILES string of the molecule is C=C/C=C(\C=C/N)c1sc(NC(=O)NCCc2nc(C)n(CC)c2Cl)nc1C. The molecule has 0 radical (unpaired) electrons. The summed E-state index contributed by atoms with van der Waals surface area (Å²) < 4.78 is 1.93. The fourth-order valence-electron chi connectivity index (χ4n) is 2.72. The highest BCUT2D eigenvalue weighted by Crippen LogP contribution is 2.30. The number of carbonyl (C=O) groups is 1. The van der Waals surface area contributed by atoms with Gasteiger partial charge >= 0.3 is 6.03 Å². The highest BCUT2D eigenvalue weighted by Gasteiger charge is 2.14. The topological polar surface area (TPSA) is 97.9 Å². The van der Waals surface area contributed by atoms with E-state index in [1.165, 1.54) is 17.5 Å². The molecule has 9 heteroatoms. The first-order valence-corrected chi connectivity index (χ1v) is 10.1. The minimum Gasteiger partial charge on any atom is -0.405 e. The molecule has 0 bridgehead atoms. The lowest BCUT2D eigenvalue weighted by atomic mass is 10.2. The molecule has 150 valence electrons. The summed E-state index contributed by atoms with van der Waals surface area (Å²) in [5.41, 5.74) is 7.97. The van der Waals surface area contributed by atoms with Crippen molar-refractivity contribution in [1.29, 1.82) is 0 Å². The van der Waals surface area contributed by atoms with Crippen molar-refractivity contribution in [3.05, 3.63) is 58.2 Å². The van der Waals surface area contributed by atoms with E-state index in [0.717, 1.165) is 34.2 Å². The van der Waals surface area contributed by atoms with Crippen LogP contribution in [0.25, 0.3) is 5.57 Å². The van der Waals surface area contributed by atoms with Crippen LogP contribution < -0.4 is 16.4 Å². The molecule has 0 saturated carbocycles. The van der Waals surface area contributed by atoms with E-state index in [9.17, 15) is 4.79 Å². The number of imidazole rings is 1. The normalized spacial score (nSPS) is 11.8. The fraction of sp³-hybridized carbons (Fsp3) is 0.316. The molecule has 2 rings (SSSR count). The van der Waals surface area contributed by atoms with E-state index in [-0.39, 0.29) is 6.03 Å². The number of urea groups is 1. The quantitative estimate of drug-likeness (QED) is 0.561. The van der Waals surface area contributed by atoms with Gasteiger partial charge in [0.2, 0.25) is 0 Å². The Hall–Kier alpha value is -2.58. The van der Waals surface area contributed by atoms with E-state index in [1.54, 1.807) is 12.2 Å². The Morgan fingerprint density at radius 2 is 2.14 bits per heavy atom. The number of aryl methyl sites for hydroxylation is 2. The van der Waals surface area contributed by atoms with Gasteiger partial charge in [0, 0.05) is 19.5 Å². The van der Waals surface area contributed by atoms with Gasteiger partial charge in [0.25, 0.3) is 0 Å². The van der Waals surface area contributed by atoms with Gasteiger partial charge in [0.1, 0.15) is 11.0 Å². The first-order chi connectivity index (χ1) is 13.4. The van der Waals surface area contributed by atoms with Gasteiger partial charge in [-0.2, -0.15) is 0 Å². The first kappa shape index (κ1) is 21.7. The summed E-state index contributed by atoms with van der Waals surface area (Å²) in [5.74, 6) is 0.868. The number of hydrogen-bond acceptors (Lipinski definition) is 5. The molecule has 0 spiro atoms. The predicted octanol–water partition coefficient (Wildman–Crippen LogP) is 4.04. The van der Waals surface area contributed by atoms with Crippen LogP contribution in [-0.2, 0) is 13.0 Å². The number of nitrogens with zero attached hydrogens (tertiary/aromatic N) is 3. The number of allylic oxidation sites excluding steroid dienone is 4. The number of anilines is 1. The zero-order chi connectivity index (χ0) is 20.7. The van der Waals surface area contributed by atoms with Gasteiger partial charge in [-0.15, -0.1) is 0 Å². The molecule has 0 atom stereocenters. The molecule has 0 aliphatic rings. The largest absolute Gasteiger partial charge is 0.405 e. The van der Waals surface area contributed by atoms with E-state index < -0.39 is 0 Å². The maximum absolute atomic E-state index is 12.2. The monoisotopic (exact) mass is 420 g/mol. The van der Waals surface area contributed by atoms with Gasteiger partial charge in [-0.1, -0.05) is 41.7 Å². The second-order valence-electron chi connectivity index (χ2n) is 5.92. The molecule has 7 nitrogen and oxygen atoms in total. The zero-order valence-corrected chi connectivity index (χ0v) is 17.8. The van der Waals surface area contributed by atoms with Crippen LogP contribution in [0.2, 0.25) is 5.15 Å². The van der Waals surface area contributed by atoms with Crippen LogP contribution >= 0.6 is 22.9 Å². The third-order valence-corrected chi connectivity index (χ3v) is 5.52. The van der Waals surface area contributed by atoms with Crippen LogP contribution in [0.3, 0.4) is 0 Å².